The van der Waals surface area contributed by atoms with Crippen molar-refractivity contribution in [2.75, 3.05) is 11.9 Å². The zero-order valence-electron chi connectivity index (χ0n) is 11.2. The molecule has 2 heterocycles. The number of halogens is 2. The predicted molar refractivity (Wildman–Crippen MR) is 89.1 cm³/mol. The number of fused-ring (bicyclic) bond motifs is 1. The second-order valence-corrected chi connectivity index (χ2v) is 6.07. The van der Waals surface area contributed by atoms with Crippen molar-refractivity contribution in [3.63, 3.8) is 0 Å². The molecule has 108 valence electrons. The molecule has 0 aliphatic carbocycles. The average Bonchev–Trinajstić information content (AvgIpc) is 2.91. The van der Waals surface area contributed by atoms with Gasteiger partial charge in [0.25, 0.3) is 5.88 Å². The zero-order valence-corrected chi connectivity index (χ0v) is 14.3. The van der Waals surface area contributed by atoms with E-state index in [-0.39, 0.29) is 0 Å². The lowest BCUT2D eigenvalue weighted by atomic mass is 10.3. The van der Waals surface area contributed by atoms with Crippen LogP contribution < -0.4 is 10.1 Å². The molecule has 3 aromatic rings. The Morgan fingerprint density at radius 3 is 2.95 bits per heavy atom. The molecule has 0 fully saturated rings. The highest BCUT2D eigenvalue weighted by atomic mass is 79.9. The van der Waals surface area contributed by atoms with Crippen LogP contribution >= 0.6 is 31.9 Å². The van der Waals surface area contributed by atoms with E-state index < -0.39 is 0 Å². The molecule has 0 unspecified atom stereocenters. The Hall–Kier alpha value is -1.60. The molecule has 0 spiro atoms. The standard InChI is InChI=1S/C14H12Br2N4O/c1-2-17-12-8-20-6-5-18-13(20)14(19-12)21-11-4-3-9(15)7-10(11)16/h3-8,17H,2H2,1H3. The van der Waals surface area contributed by atoms with E-state index in [9.17, 15) is 0 Å². The highest BCUT2D eigenvalue weighted by Crippen LogP contribution is 2.33. The summed E-state index contributed by atoms with van der Waals surface area (Å²) < 4.78 is 9.62. The minimum absolute atomic E-state index is 0.460. The van der Waals surface area contributed by atoms with Gasteiger partial charge in [0.1, 0.15) is 11.6 Å². The highest BCUT2D eigenvalue weighted by molar-refractivity contribution is 9.11. The fourth-order valence-corrected chi connectivity index (χ4v) is 3.03. The molecule has 0 aliphatic heterocycles. The van der Waals surface area contributed by atoms with Crippen molar-refractivity contribution in [2.45, 2.75) is 6.92 Å². The Labute approximate surface area is 138 Å². The number of hydrogen-bond donors (Lipinski definition) is 1. The fourth-order valence-electron chi connectivity index (χ4n) is 1.90. The first-order valence-corrected chi connectivity index (χ1v) is 7.96. The Bertz CT molecular complexity index is 788. The molecule has 0 saturated heterocycles. The molecule has 3 rings (SSSR count). The first-order chi connectivity index (χ1) is 10.2. The topological polar surface area (TPSA) is 51.5 Å². The maximum atomic E-state index is 5.92. The molecule has 1 N–H and O–H groups in total. The van der Waals surface area contributed by atoms with Crippen molar-refractivity contribution in [3.8, 4) is 11.6 Å². The summed E-state index contributed by atoms with van der Waals surface area (Å²) in [6.45, 7) is 2.81. The molecule has 7 heteroatoms. The maximum absolute atomic E-state index is 5.92. The number of imidazole rings is 1. The van der Waals surface area contributed by atoms with Gasteiger partial charge in [-0.3, -0.25) is 4.40 Å². The van der Waals surface area contributed by atoms with Crippen LogP contribution in [0.5, 0.6) is 11.6 Å². The molecule has 2 aromatic heterocycles. The van der Waals surface area contributed by atoms with Gasteiger partial charge in [0.05, 0.1) is 10.7 Å². The summed E-state index contributed by atoms with van der Waals surface area (Å²) >= 11 is 6.90. The van der Waals surface area contributed by atoms with Gasteiger partial charge in [-0.2, -0.15) is 4.98 Å². The van der Waals surface area contributed by atoms with Gasteiger partial charge < -0.3 is 10.1 Å². The van der Waals surface area contributed by atoms with Crippen LogP contribution in [-0.2, 0) is 0 Å². The molecule has 0 aliphatic rings. The van der Waals surface area contributed by atoms with Crippen molar-refractivity contribution < 1.29 is 4.74 Å². The summed E-state index contributed by atoms with van der Waals surface area (Å²) in [7, 11) is 0. The van der Waals surface area contributed by atoms with Gasteiger partial charge in [-0.25, -0.2) is 4.98 Å². The van der Waals surface area contributed by atoms with Crippen LogP contribution in [0, 0.1) is 0 Å². The van der Waals surface area contributed by atoms with Crippen molar-refractivity contribution in [2.24, 2.45) is 0 Å². The SMILES string of the molecule is CCNc1cn2ccnc2c(Oc2ccc(Br)cc2Br)n1. The third-order valence-electron chi connectivity index (χ3n) is 2.80. The molecular formula is C14H12Br2N4O. The van der Waals surface area contributed by atoms with Gasteiger partial charge in [0.2, 0.25) is 5.65 Å². The fraction of sp³-hybridized carbons (Fsp3) is 0.143. The zero-order chi connectivity index (χ0) is 14.8. The highest BCUT2D eigenvalue weighted by Gasteiger charge is 2.11. The smallest absolute Gasteiger partial charge is 0.265 e. The van der Waals surface area contributed by atoms with E-state index in [1.165, 1.54) is 0 Å². The Kier molecular flexibility index (Phi) is 4.12. The molecule has 0 atom stereocenters. The van der Waals surface area contributed by atoms with E-state index in [4.69, 9.17) is 4.74 Å². The number of anilines is 1. The predicted octanol–water partition coefficient (Wildman–Crippen LogP) is 4.48. The first-order valence-electron chi connectivity index (χ1n) is 6.38. The van der Waals surface area contributed by atoms with Gasteiger partial charge in [0.15, 0.2) is 0 Å². The molecule has 21 heavy (non-hydrogen) atoms. The molecule has 0 radical (unpaired) electrons. The molecule has 0 bridgehead atoms. The molecular weight excluding hydrogens is 400 g/mol. The second-order valence-electron chi connectivity index (χ2n) is 4.30. The van der Waals surface area contributed by atoms with Crippen LogP contribution in [0.1, 0.15) is 6.92 Å². The van der Waals surface area contributed by atoms with Crippen LogP contribution in [0.25, 0.3) is 5.65 Å². The lowest BCUT2D eigenvalue weighted by Crippen LogP contribution is -2.03. The second kappa shape index (κ2) is 6.03. The number of aromatic nitrogens is 3. The van der Waals surface area contributed by atoms with Crippen LogP contribution in [0.3, 0.4) is 0 Å². The number of nitrogens with one attached hydrogen (secondary N) is 1. The van der Waals surface area contributed by atoms with Crippen molar-refractivity contribution in [1.82, 2.24) is 14.4 Å². The van der Waals surface area contributed by atoms with Crippen LogP contribution in [0.4, 0.5) is 5.82 Å². The van der Waals surface area contributed by atoms with Gasteiger partial charge in [-0.1, -0.05) is 15.9 Å². The van der Waals surface area contributed by atoms with E-state index in [1.54, 1.807) is 6.20 Å². The Morgan fingerprint density at radius 1 is 1.33 bits per heavy atom. The first kappa shape index (κ1) is 14.3. The molecule has 5 nitrogen and oxygen atoms in total. The summed E-state index contributed by atoms with van der Waals surface area (Å²) in [5, 5.41) is 3.18. The van der Waals surface area contributed by atoms with Gasteiger partial charge in [-0.15, -0.1) is 0 Å². The van der Waals surface area contributed by atoms with Crippen molar-refractivity contribution in [1.29, 1.82) is 0 Å². The van der Waals surface area contributed by atoms with Gasteiger partial charge in [0, 0.05) is 23.4 Å². The number of nitrogens with zero attached hydrogens (tertiary/aromatic N) is 3. The average molecular weight is 412 g/mol. The van der Waals surface area contributed by atoms with Gasteiger partial charge >= 0.3 is 0 Å². The normalized spacial score (nSPS) is 10.8. The number of ether oxygens (including phenoxy) is 1. The molecule has 1 aromatic carbocycles. The van der Waals surface area contributed by atoms with Crippen LogP contribution in [0.15, 0.2) is 45.7 Å². The van der Waals surface area contributed by atoms with Crippen LogP contribution in [0.2, 0.25) is 0 Å². The van der Waals surface area contributed by atoms with E-state index >= 15 is 0 Å². The summed E-state index contributed by atoms with van der Waals surface area (Å²) in [6.07, 6.45) is 5.47. The summed E-state index contributed by atoms with van der Waals surface area (Å²) in [6, 6.07) is 5.71. The van der Waals surface area contributed by atoms with Crippen molar-refractivity contribution >= 4 is 43.3 Å². The third kappa shape index (κ3) is 3.03. The lowest BCUT2D eigenvalue weighted by molar-refractivity contribution is 0.463. The van der Waals surface area contributed by atoms with Gasteiger partial charge in [-0.05, 0) is 41.1 Å². The monoisotopic (exact) mass is 410 g/mol. The largest absolute Gasteiger partial charge is 0.435 e. The minimum Gasteiger partial charge on any atom is -0.435 e. The number of hydrogen-bond acceptors (Lipinski definition) is 4. The summed E-state index contributed by atoms with van der Waals surface area (Å²) in [4.78, 5) is 8.76. The molecule has 0 saturated carbocycles. The number of rotatable bonds is 4. The Morgan fingerprint density at radius 2 is 2.19 bits per heavy atom. The molecule has 0 amide bonds. The third-order valence-corrected chi connectivity index (χ3v) is 3.91. The maximum Gasteiger partial charge on any atom is 0.265 e. The quantitative estimate of drug-likeness (QED) is 0.687. The summed E-state index contributed by atoms with van der Waals surface area (Å²) in [5.41, 5.74) is 0.673. The van der Waals surface area contributed by atoms with E-state index in [1.807, 2.05) is 41.9 Å². The summed E-state index contributed by atoms with van der Waals surface area (Å²) in [5.74, 6) is 1.89. The van der Waals surface area contributed by atoms with E-state index in [0.29, 0.717) is 17.3 Å². The number of benzene rings is 1. The van der Waals surface area contributed by atoms with E-state index in [0.717, 1.165) is 21.3 Å². The van der Waals surface area contributed by atoms with Crippen LogP contribution in [-0.4, -0.2) is 20.9 Å². The van der Waals surface area contributed by atoms with E-state index in [2.05, 4.69) is 47.1 Å². The Balaban J connectivity index is 2.04. The van der Waals surface area contributed by atoms with Crippen molar-refractivity contribution in [3.05, 3.63) is 45.7 Å². The lowest BCUT2D eigenvalue weighted by Gasteiger charge is -2.10. The minimum atomic E-state index is 0.460.